The van der Waals surface area contributed by atoms with Crippen LogP contribution in [0.4, 0.5) is 0 Å². The Kier molecular flexibility index (Phi) is 12.9. The molecule has 1 unspecified atom stereocenters. The van der Waals surface area contributed by atoms with Gasteiger partial charge in [-0.2, -0.15) is 0 Å². The molecule has 1 aliphatic carbocycles. The highest BCUT2D eigenvalue weighted by atomic mass is 16.2. The average molecular weight is 616 g/mol. The SMILES string of the molecule is C/C(=C\[C@H](C(C)C)N(C)C(=O)[C@@H](NC(=O)C1CCCCN1C(C)C)C(C)(C)C)C(=O)N1CCC[C@H]1C(=O)NC1CCCCC1. The Hall–Kier alpha value is -2.42. The first-order valence-electron chi connectivity index (χ1n) is 17.3. The first-order chi connectivity index (χ1) is 20.6. The predicted molar refractivity (Wildman–Crippen MR) is 176 cm³/mol. The fourth-order valence-electron chi connectivity index (χ4n) is 7.22. The second-order valence-electron chi connectivity index (χ2n) is 15.2. The molecule has 2 saturated heterocycles. The second-order valence-corrected chi connectivity index (χ2v) is 15.2. The maximum Gasteiger partial charge on any atom is 0.249 e. The van der Waals surface area contributed by atoms with E-state index >= 15 is 0 Å². The molecule has 0 radical (unpaired) electrons. The maximum atomic E-state index is 14.1. The summed E-state index contributed by atoms with van der Waals surface area (Å²) in [6, 6.07) is -1.30. The molecule has 250 valence electrons. The molecule has 3 fully saturated rings. The topological polar surface area (TPSA) is 102 Å². The van der Waals surface area contributed by atoms with Crippen molar-refractivity contribution in [3.63, 3.8) is 0 Å². The van der Waals surface area contributed by atoms with Gasteiger partial charge < -0.3 is 20.4 Å². The van der Waals surface area contributed by atoms with Crippen molar-refractivity contribution in [3.05, 3.63) is 11.6 Å². The zero-order valence-corrected chi connectivity index (χ0v) is 29.1. The first-order valence-corrected chi connectivity index (χ1v) is 17.3. The number of rotatable bonds is 10. The molecule has 3 aliphatic rings. The zero-order chi connectivity index (χ0) is 32.8. The van der Waals surface area contributed by atoms with Crippen molar-refractivity contribution < 1.29 is 19.2 Å². The zero-order valence-electron chi connectivity index (χ0n) is 29.1. The Balaban J connectivity index is 1.75. The minimum Gasteiger partial charge on any atom is -0.352 e. The molecule has 44 heavy (non-hydrogen) atoms. The average Bonchev–Trinajstić information content (AvgIpc) is 3.47. The van der Waals surface area contributed by atoms with Crippen molar-refractivity contribution in [3.8, 4) is 0 Å². The smallest absolute Gasteiger partial charge is 0.249 e. The molecule has 4 atom stereocenters. The van der Waals surface area contributed by atoms with Crippen LogP contribution in [0.2, 0.25) is 0 Å². The van der Waals surface area contributed by atoms with Crippen molar-refractivity contribution in [1.29, 1.82) is 0 Å². The Morgan fingerprint density at radius 2 is 1.43 bits per heavy atom. The van der Waals surface area contributed by atoms with Crippen LogP contribution >= 0.6 is 0 Å². The number of carbonyl (C=O) groups excluding carboxylic acids is 4. The van der Waals surface area contributed by atoms with Crippen LogP contribution in [0.5, 0.6) is 0 Å². The number of nitrogens with zero attached hydrogens (tertiary/aromatic N) is 3. The molecule has 9 heteroatoms. The van der Waals surface area contributed by atoms with Crippen LogP contribution in [0.1, 0.15) is 120 Å². The van der Waals surface area contributed by atoms with Crippen molar-refractivity contribution in [2.24, 2.45) is 11.3 Å². The van der Waals surface area contributed by atoms with Crippen LogP contribution in [-0.2, 0) is 19.2 Å². The molecule has 2 N–H and O–H groups in total. The summed E-state index contributed by atoms with van der Waals surface area (Å²) in [5, 5.41) is 6.35. The van der Waals surface area contributed by atoms with Gasteiger partial charge in [0.2, 0.25) is 23.6 Å². The van der Waals surface area contributed by atoms with E-state index < -0.39 is 17.5 Å². The van der Waals surface area contributed by atoms with Crippen LogP contribution in [0.15, 0.2) is 11.6 Å². The highest BCUT2D eigenvalue weighted by Crippen LogP contribution is 2.27. The third-order valence-corrected chi connectivity index (χ3v) is 9.91. The van der Waals surface area contributed by atoms with Gasteiger partial charge in [0.25, 0.3) is 0 Å². The van der Waals surface area contributed by atoms with Gasteiger partial charge in [0.1, 0.15) is 12.1 Å². The highest BCUT2D eigenvalue weighted by Gasteiger charge is 2.40. The Morgan fingerprint density at radius 1 is 0.818 bits per heavy atom. The van der Waals surface area contributed by atoms with E-state index in [0.717, 1.165) is 57.9 Å². The van der Waals surface area contributed by atoms with E-state index in [1.165, 1.54) is 6.42 Å². The summed E-state index contributed by atoms with van der Waals surface area (Å²) in [5.74, 6) is -0.416. The van der Waals surface area contributed by atoms with E-state index in [1.54, 1.807) is 23.8 Å². The van der Waals surface area contributed by atoms with Gasteiger partial charge in [-0.25, -0.2) is 0 Å². The fourth-order valence-corrected chi connectivity index (χ4v) is 7.22. The Bertz CT molecular complexity index is 1040. The van der Waals surface area contributed by atoms with Crippen molar-refractivity contribution in [2.45, 2.75) is 156 Å². The minimum absolute atomic E-state index is 0.0294. The van der Waals surface area contributed by atoms with Gasteiger partial charge in [0, 0.05) is 31.2 Å². The highest BCUT2D eigenvalue weighted by molar-refractivity contribution is 5.97. The van der Waals surface area contributed by atoms with Crippen LogP contribution in [0.25, 0.3) is 0 Å². The molecule has 1 saturated carbocycles. The van der Waals surface area contributed by atoms with E-state index in [2.05, 4.69) is 29.4 Å². The molecule has 0 spiro atoms. The molecule has 2 heterocycles. The fraction of sp³-hybridized carbons (Fsp3) is 0.829. The van der Waals surface area contributed by atoms with Crippen molar-refractivity contribution in [1.82, 2.24) is 25.3 Å². The first kappa shape index (κ1) is 36.1. The Labute approximate surface area is 266 Å². The predicted octanol–water partition coefficient (Wildman–Crippen LogP) is 4.65. The minimum atomic E-state index is -0.715. The molecule has 9 nitrogen and oxygen atoms in total. The molecule has 2 aliphatic heterocycles. The summed E-state index contributed by atoms with van der Waals surface area (Å²) in [7, 11) is 1.77. The van der Waals surface area contributed by atoms with E-state index in [1.807, 2.05) is 40.7 Å². The number of carbonyl (C=O) groups is 4. The van der Waals surface area contributed by atoms with Gasteiger partial charge in [0.15, 0.2) is 0 Å². The largest absolute Gasteiger partial charge is 0.352 e. The summed E-state index contributed by atoms with van der Waals surface area (Å²) in [4.78, 5) is 60.3. The van der Waals surface area contributed by atoms with Crippen LogP contribution < -0.4 is 10.6 Å². The standard InChI is InChI=1S/C35H61N5O4/c1-23(2)29(22-25(5)33(43)40-21-15-19-28(40)31(41)36-26-16-11-10-12-17-26)38(9)34(44)30(35(6,7)8)37-32(42)27-18-13-14-20-39(27)24(3)4/h22-24,26-30H,10-21H2,1-9H3,(H,36,41)(H,37,42)/b25-22+/t27?,28-,29+,30+/m0/s1. The quantitative estimate of drug-likeness (QED) is 0.349. The summed E-state index contributed by atoms with van der Waals surface area (Å²) in [6.45, 7) is 17.5. The number of hydrogen-bond acceptors (Lipinski definition) is 5. The number of likely N-dealkylation sites (tertiary alicyclic amines) is 2. The second kappa shape index (κ2) is 15.7. The molecule has 3 rings (SSSR count). The lowest BCUT2D eigenvalue weighted by atomic mass is 9.84. The molecule has 0 aromatic rings. The lowest BCUT2D eigenvalue weighted by Crippen LogP contribution is -2.60. The maximum absolute atomic E-state index is 14.1. The van der Waals surface area contributed by atoms with Gasteiger partial charge in [-0.1, -0.05) is 66.4 Å². The van der Waals surface area contributed by atoms with Crippen LogP contribution in [-0.4, -0.2) is 94.7 Å². The van der Waals surface area contributed by atoms with Gasteiger partial charge >= 0.3 is 0 Å². The summed E-state index contributed by atoms with van der Waals surface area (Å²) in [6.07, 6.45) is 11.7. The number of likely N-dealkylation sites (N-methyl/N-ethyl adjacent to an activating group) is 1. The molecule has 0 aromatic heterocycles. The van der Waals surface area contributed by atoms with Crippen molar-refractivity contribution >= 4 is 23.6 Å². The van der Waals surface area contributed by atoms with E-state index in [4.69, 9.17) is 0 Å². The summed E-state index contributed by atoms with van der Waals surface area (Å²) < 4.78 is 0. The molecule has 0 bridgehead atoms. The molecule has 4 amide bonds. The summed E-state index contributed by atoms with van der Waals surface area (Å²) in [5.41, 5.74) is 0.0231. The third-order valence-electron chi connectivity index (χ3n) is 9.91. The number of hydrogen-bond donors (Lipinski definition) is 2. The normalized spacial score (nSPS) is 23.9. The van der Waals surface area contributed by atoms with Gasteiger partial charge in [-0.3, -0.25) is 24.1 Å². The molecular weight excluding hydrogens is 554 g/mol. The lowest BCUT2D eigenvalue weighted by Gasteiger charge is -2.41. The summed E-state index contributed by atoms with van der Waals surface area (Å²) >= 11 is 0. The van der Waals surface area contributed by atoms with Gasteiger partial charge in [0.05, 0.1) is 12.1 Å². The van der Waals surface area contributed by atoms with E-state index in [-0.39, 0.29) is 53.7 Å². The van der Waals surface area contributed by atoms with E-state index in [0.29, 0.717) is 18.5 Å². The molecule has 0 aromatic carbocycles. The number of amides is 4. The third kappa shape index (κ3) is 9.07. The monoisotopic (exact) mass is 615 g/mol. The lowest BCUT2D eigenvalue weighted by molar-refractivity contribution is -0.142. The number of piperidine rings is 1. The molecular formula is C35H61N5O4. The Morgan fingerprint density at radius 3 is 2.02 bits per heavy atom. The van der Waals surface area contributed by atoms with Crippen molar-refractivity contribution in [2.75, 3.05) is 20.1 Å². The van der Waals surface area contributed by atoms with Gasteiger partial charge in [-0.05, 0) is 77.2 Å². The van der Waals surface area contributed by atoms with Crippen LogP contribution in [0.3, 0.4) is 0 Å². The van der Waals surface area contributed by atoms with E-state index in [9.17, 15) is 19.2 Å². The van der Waals surface area contributed by atoms with Gasteiger partial charge in [-0.15, -0.1) is 0 Å². The van der Waals surface area contributed by atoms with Crippen LogP contribution in [0, 0.1) is 11.3 Å². The number of nitrogens with one attached hydrogen (secondary N) is 2.